The third kappa shape index (κ3) is 5.11. The summed E-state index contributed by atoms with van der Waals surface area (Å²) in [6.45, 7) is 4.30. The van der Waals surface area contributed by atoms with Crippen LogP contribution in [0.5, 0.6) is 0 Å². The van der Waals surface area contributed by atoms with Gasteiger partial charge in [-0.05, 0) is 19.3 Å². The Morgan fingerprint density at radius 3 is 2.18 bits per heavy atom. The minimum atomic E-state index is -0.0531. The van der Waals surface area contributed by atoms with E-state index in [0.717, 1.165) is 44.3 Å². The van der Waals surface area contributed by atoms with E-state index in [9.17, 15) is 4.79 Å². The minimum Gasteiger partial charge on any atom is -0.307 e. The lowest BCUT2D eigenvalue weighted by atomic mass is 10.1. The second kappa shape index (κ2) is 7.98. The van der Waals surface area contributed by atoms with Crippen LogP contribution in [0.1, 0.15) is 63.9 Å². The molecule has 96 valence electrons. The Kier molecular flexibility index (Phi) is 6.51. The third-order valence-corrected chi connectivity index (χ3v) is 2.85. The van der Waals surface area contributed by atoms with Crippen molar-refractivity contribution in [3.63, 3.8) is 0 Å². The molecule has 1 rings (SSSR count). The van der Waals surface area contributed by atoms with Gasteiger partial charge >= 0.3 is 0 Å². The van der Waals surface area contributed by atoms with Gasteiger partial charge in [-0.1, -0.05) is 39.5 Å². The summed E-state index contributed by atoms with van der Waals surface area (Å²) in [5, 5.41) is 8.12. The molecule has 0 amide bonds. The Bertz CT molecular complexity index is 373. The molecule has 0 aliphatic carbocycles. The molecule has 0 unspecified atom stereocenters. The lowest BCUT2D eigenvalue weighted by Gasteiger charge is -2.01. The summed E-state index contributed by atoms with van der Waals surface area (Å²) in [5.41, 5.74) is 0.528. The lowest BCUT2D eigenvalue weighted by molar-refractivity contribution is 0.653. The molecule has 0 bridgehead atoms. The number of nitrogens with zero attached hydrogens (tertiary/aromatic N) is 2. The molecule has 1 aromatic heterocycles. The molecule has 4 heteroatoms. The number of hydrogen-bond donors (Lipinski definition) is 1. The average molecular weight is 237 g/mol. The molecule has 4 nitrogen and oxygen atoms in total. The zero-order valence-electron chi connectivity index (χ0n) is 11.0. The summed E-state index contributed by atoms with van der Waals surface area (Å²) >= 11 is 0. The van der Waals surface area contributed by atoms with E-state index in [-0.39, 0.29) is 5.56 Å². The van der Waals surface area contributed by atoms with Crippen LogP contribution in [0.3, 0.4) is 0 Å². The number of unbranched alkanes of at least 4 members (excludes halogenated alkanes) is 4. The maximum Gasteiger partial charge on any atom is 0.272 e. The van der Waals surface area contributed by atoms with Crippen LogP contribution < -0.4 is 5.56 Å². The molecule has 0 spiro atoms. The van der Waals surface area contributed by atoms with Gasteiger partial charge in [0.15, 0.2) is 0 Å². The van der Waals surface area contributed by atoms with E-state index in [1.807, 2.05) is 0 Å². The Morgan fingerprint density at radius 2 is 1.59 bits per heavy atom. The van der Waals surface area contributed by atoms with Gasteiger partial charge in [0, 0.05) is 6.42 Å². The summed E-state index contributed by atoms with van der Waals surface area (Å²) in [5.74, 6) is 0.725. The molecule has 0 saturated heterocycles. The highest BCUT2D eigenvalue weighted by Crippen LogP contribution is 2.01. The van der Waals surface area contributed by atoms with Crippen molar-refractivity contribution in [3.05, 3.63) is 21.9 Å². The van der Waals surface area contributed by atoms with Gasteiger partial charge in [0.2, 0.25) is 0 Å². The Hall–Kier alpha value is -1.19. The number of rotatable bonds is 8. The van der Waals surface area contributed by atoms with Crippen LogP contribution in [0.15, 0.2) is 4.79 Å². The van der Waals surface area contributed by atoms with Gasteiger partial charge in [-0.3, -0.25) is 4.79 Å². The smallest absolute Gasteiger partial charge is 0.272 e. The van der Waals surface area contributed by atoms with E-state index < -0.39 is 0 Å². The first-order chi connectivity index (χ1) is 8.27. The Balaban J connectivity index is 2.50. The van der Waals surface area contributed by atoms with Crippen LogP contribution in [0.4, 0.5) is 0 Å². The summed E-state index contributed by atoms with van der Waals surface area (Å²) in [7, 11) is 0. The van der Waals surface area contributed by atoms with Crippen molar-refractivity contribution >= 4 is 0 Å². The highest BCUT2D eigenvalue weighted by Gasteiger charge is 2.04. The van der Waals surface area contributed by atoms with Crippen molar-refractivity contribution in [2.24, 2.45) is 0 Å². The van der Waals surface area contributed by atoms with Gasteiger partial charge in [0.05, 0.1) is 0 Å². The number of aromatic nitrogens is 3. The van der Waals surface area contributed by atoms with Crippen LogP contribution in [-0.4, -0.2) is 15.2 Å². The summed E-state index contributed by atoms with van der Waals surface area (Å²) in [4.78, 5) is 14.5. The van der Waals surface area contributed by atoms with Gasteiger partial charge < -0.3 is 4.98 Å². The van der Waals surface area contributed by atoms with Gasteiger partial charge in [-0.2, -0.15) is 0 Å². The zero-order chi connectivity index (χ0) is 12.5. The van der Waals surface area contributed by atoms with Crippen LogP contribution in [0.2, 0.25) is 0 Å². The molecule has 0 saturated carbocycles. The molecule has 1 heterocycles. The first kappa shape index (κ1) is 13.9. The molecule has 0 aromatic carbocycles. The number of H-pyrrole nitrogens is 1. The normalized spacial score (nSPS) is 10.7. The topological polar surface area (TPSA) is 58.6 Å². The molecule has 0 fully saturated rings. The molecule has 0 aliphatic rings. The average Bonchev–Trinajstić information content (AvgIpc) is 2.32. The summed E-state index contributed by atoms with van der Waals surface area (Å²) < 4.78 is 0. The monoisotopic (exact) mass is 237 g/mol. The number of hydrogen-bond acceptors (Lipinski definition) is 3. The van der Waals surface area contributed by atoms with Gasteiger partial charge in [-0.15, -0.1) is 10.2 Å². The van der Waals surface area contributed by atoms with Gasteiger partial charge in [0.25, 0.3) is 5.56 Å². The molecule has 0 atom stereocenters. The molecule has 17 heavy (non-hydrogen) atoms. The SMILES string of the molecule is CCCCCc1nnc(CCCCC)c(=O)[nH]1. The van der Waals surface area contributed by atoms with Gasteiger partial charge in [0.1, 0.15) is 11.5 Å². The van der Waals surface area contributed by atoms with Crippen molar-refractivity contribution in [3.8, 4) is 0 Å². The van der Waals surface area contributed by atoms with E-state index in [1.165, 1.54) is 12.8 Å². The quantitative estimate of drug-likeness (QED) is 0.707. The fourth-order valence-electron chi connectivity index (χ4n) is 1.76. The van der Waals surface area contributed by atoms with E-state index >= 15 is 0 Å². The lowest BCUT2D eigenvalue weighted by Crippen LogP contribution is -2.19. The van der Waals surface area contributed by atoms with Crippen molar-refractivity contribution in [1.82, 2.24) is 15.2 Å². The maximum atomic E-state index is 11.7. The molecular weight excluding hydrogens is 214 g/mol. The molecule has 1 aromatic rings. The van der Waals surface area contributed by atoms with Crippen LogP contribution in [-0.2, 0) is 12.8 Å². The predicted molar refractivity (Wildman–Crippen MR) is 69.1 cm³/mol. The first-order valence-corrected chi connectivity index (χ1v) is 6.72. The molecule has 1 N–H and O–H groups in total. The standard InChI is InChI=1S/C13H23N3O/c1-3-5-7-9-11-13(17)14-12(16-15-11)10-8-6-4-2/h3-10H2,1-2H3,(H,14,16,17). The Morgan fingerprint density at radius 1 is 0.941 bits per heavy atom. The minimum absolute atomic E-state index is 0.0531. The van der Waals surface area contributed by atoms with E-state index in [4.69, 9.17) is 0 Å². The molecule has 0 radical (unpaired) electrons. The second-order valence-corrected chi connectivity index (χ2v) is 4.46. The number of aryl methyl sites for hydroxylation is 2. The first-order valence-electron chi connectivity index (χ1n) is 6.72. The van der Waals surface area contributed by atoms with Crippen molar-refractivity contribution in [2.45, 2.75) is 65.2 Å². The van der Waals surface area contributed by atoms with E-state index in [1.54, 1.807) is 0 Å². The van der Waals surface area contributed by atoms with Crippen molar-refractivity contribution in [2.75, 3.05) is 0 Å². The van der Waals surface area contributed by atoms with Crippen molar-refractivity contribution < 1.29 is 0 Å². The second-order valence-electron chi connectivity index (χ2n) is 4.46. The zero-order valence-corrected chi connectivity index (χ0v) is 11.0. The number of aromatic amines is 1. The van der Waals surface area contributed by atoms with Gasteiger partial charge in [-0.25, -0.2) is 0 Å². The predicted octanol–water partition coefficient (Wildman–Crippen LogP) is 2.63. The number of nitrogens with one attached hydrogen (secondary N) is 1. The highest BCUT2D eigenvalue weighted by molar-refractivity contribution is 4.96. The largest absolute Gasteiger partial charge is 0.307 e. The fraction of sp³-hybridized carbons (Fsp3) is 0.769. The third-order valence-electron chi connectivity index (χ3n) is 2.85. The Labute approximate surface area is 103 Å². The van der Waals surface area contributed by atoms with Crippen LogP contribution >= 0.6 is 0 Å². The van der Waals surface area contributed by atoms with Crippen molar-refractivity contribution in [1.29, 1.82) is 0 Å². The van der Waals surface area contributed by atoms with Crippen LogP contribution in [0, 0.1) is 0 Å². The highest BCUT2D eigenvalue weighted by atomic mass is 16.1. The van der Waals surface area contributed by atoms with E-state index in [2.05, 4.69) is 29.0 Å². The van der Waals surface area contributed by atoms with E-state index in [0.29, 0.717) is 5.69 Å². The van der Waals surface area contributed by atoms with Crippen LogP contribution in [0.25, 0.3) is 0 Å². The summed E-state index contributed by atoms with van der Waals surface area (Å²) in [6, 6.07) is 0. The molecule has 0 aliphatic heterocycles. The maximum absolute atomic E-state index is 11.7. The molecular formula is C13H23N3O. The fourth-order valence-corrected chi connectivity index (χ4v) is 1.76. The summed E-state index contributed by atoms with van der Waals surface area (Å²) in [6.07, 6.45) is 8.28.